The number of aromatic amines is 1. The molecule has 80 heavy (non-hydrogen) atoms. The summed E-state index contributed by atoms with van der Waals surface area (Å²) in [7, 11) is 0. The summed E-state index contributed by atoms with van der Waals surface area (Å²) in [6.07, 6.45) is -0.0274. The number of carbonyl (C=O) groups is 8. The molecule has 3 aromatic carbocycles. The molecule has 5 rings (SSSR count). The van der Waals surface area contributed by atoms with Gasteiger partial charge in [0.2, 0.25) is 47.3 Å². The molecule has 0 aliphatic carbocycles. The molecule has 1 aliphatic rings. The lowest BCUT2D eigenvalue weighted by Crippen LogP contribution is -2.62. The monoisotopic (exact) mass is 1110 g/mol. The number of amides is 8. The molecule has 4 aromatic rings. The second kappa shape index (κ2) is 32.3. The number of nitrogens with zero attached hydrogens (tertiary/aromatic N) is 2. The molecule has 2 heterocycles. The van der Waals surface area contributed by atoms with Crippen LogP contribution in [0.25, 0.3) is 10.9 Å². The van der Waals surface area contributed by atoms with Gasteiger partial charge in [-0.25, -0.2) is 0 Å². The lowest BCUT2D eigenvalue weighted by atomic mass is 10.0. The zero-order valence-electron chi connectivity index (χ0n) is 44.7. The number of nitrogens with two attached hydrogens (primary N) is 6. The number of rotatable bonds is 20. The number of H-pyrrole nitrogens is 1. The van der Waals surface area contributed by atoms with E-state index in [4.69, 9.17) is 34.4 Å². The summed E-state index contributed by atoms with van der Waals surface area (Å²) in [5.41, 5.74) is 36.8. The number of carbonyl (C=O) groups excluding carboxylic acids is 8. The number of primary amides is 1. The van der Waals surface area contributed by atoms with Crippen molar-refractivity contribution in [2.75, 3.05) is 26.2 Å². The summed E-state index contributed by atoms with van der Waals surface area (Å²) in [6.45, 7) is 0.103. The van der Waals surface area contributed by atoms with E-state index in [9.17, 15) is 43.5 Å². The first-order chi connectivity index (χ1) is 38.4. The Hall–Kier alpha value is -8.62. The Labute approximate surface area is 463 Å². The fourth-order valence-electron chi connectivity index (χ4n) is 9.02. The highest BCUT2D eigenvalue weighted by atomic mass is 16.3. The number of hydrogen-bond acceptors (Lipinski definition) is 13. The second-order valence-electron chi connectivity index (χ2n) is 19.5. The van der Waals surface area contributed by atoms with Crippen molar-refractivity contribution in [1.82, 2.24) is 47.5 Å². The van der Waals surface area contributed by atoms with Crippen molar-refractivity contribution in [2.24, 2.45) is 44.4 Å². The van der Waals surface area contributed by atoms with E-state index in [-0.39, 0.29) is 109 Å². The maximum absolute atomic E-state index is 14.7. The molecule has 1 aliphatic heterocycles. The van der Waals surface area contributed by atoms with Gasteiger partial charge in [-0.2, -0.15) is 0 Å². The van der Waals surface area contributed by atoms with Crippen LogP contribution >= 0.6 is 0 Å². The van der Waals surface area contributed by atoms with Gasteiger partial charge in [-0.3, -0.25) is 53.7 Å². The molecule has 0 spiro atoms. The SMILES string of the molecule is NCC[C@@H]1NC(=O)[C@@H](NC(=O)[C@H](CCCN=C(N)N)NC(=O)Cc2ccccc2)CC(=O)NCCCC[C@@H](C(N)=O)NC(=O)[C@H](Cc2c[nH]c3ccccc23)NC(=O)[C@H](CCCN=C(N)N)NC(=O)[C@@H](Cc2ccccc2)NC1O. The largest absolute Gasteiger partial charge is 0.376 e. The molecular formula is C54H77N17O9. The van der Waals surface area contributed by atoms with Crippen LogP contribution in [0.3, 0.4) is 0 Å². The van der Waals surface area contributed by atoms with Crippen molar-refractivity contribution in [3.63, 3.8) is 0 Å². The molecule has 8 atom stereocenters. The van der Waals surface area contributed by atoms with Crippen LogP contribution in [0.2, 0.25) is 0 Å². The van der Waals surface area contributed by atoms with Gasteiger partial charge in [0.1, 0.15) is 36.4 Å². The van der Waals surface area contributed by atoms with Gasteiger partial charge in [0, 0.05) is 43.2 Å². The first kappa shape index (κ1) is 62.2. The highest BCUT2D eigenvalue weighted by Gasteiger charge is 2.35. The van der Waals surface area contributed by atoms with Crippen molar-refractivity contribution in [3.05, 3.63) is 108 Å². The van der Waals surface area contributed by atoms with E-state index in [1.54, 1.807) is 66.9 Å². The number of fused-ring (bicyclic) bond motifs is 1. The Morgan fingerprint density at radius 2 is 1.31 bits per heavy atom. The van der Waals surface area contributed by atoms with Gasteiger partial charge in [0.25, 0.3) is 0 Å². The number of para-hydroxylation sites is 1. The molecule has 26 heteroatoms. The number of aliphatic hydroxyl groups is 1. The molecule has 26 nitrogen and oxygen atoms in total. The minimum Gasteiger partial charge on any atom is -0.376 e. The van der Waals surface area contributed by atoms with Crippen molar-refractivity contribution in [2.45, 2.75) is 126 Å². The van der Waals surface area contributed by atoms with Gasteiger partial charge in [-0.1, -0.05) is 78.9 Å². The first-order valence-electron chi connectivity index (χ1n) is 26.7. The topological polar surface area (TPSA) is 450 Å². The molecule has 0 saturated carbocycles. The van der Waals surface area contributed by atoms with Gasteiger partial charge in [0.15, 0.2) is 11.9 Å². The van der Waals surface area contributed by atoms with E-state index < -0.39 is 102 Å². The number of aliphatic imine (C=N–C) groups is 2. The van der Waals surface area contributed by atoms with E-state index in [1.807, 2.05) is 24.3 Å². The average Bonchev–Trinajstić information content (AvgIpc) is 3.84. The molecule has 0 bridgehead atoms. The van der Waals surface area contributed by atoms with Crippen LogP contribution in [0, 0.1) is 0 Å². The lowest BCUT2D eigenvalue weighted by Gasteiger charge is -2.31. The van der Waals surface area contributed by atoms with Gasteiger partial charge >= 0.3 is 0 Å². The van der Waals surface area contributed by atoms with E-state index in [1.165, 1.54) is 0 Å². The van der Waals surface area contributed by atoms with Crippen LogP contribution in [0.1, 0.15) is 74.5 Å². The Kier molecular flexibility index (Phi) is 25.1. The van der Waals surface area contributed by atoms with E-state index in [2.05, 4.69) is 57.5 Å². The molecular weight excluding hydrogens is 1030 g/mol. The highest BCUT2D eigenvalue weighted by molar-refractivity contribution is 5.97. The standard InChI is InChI=1S/C54H77N17O9/c55-23-22-40-49(77)69-41(27-32-13-3-1-4-14-32)50(78)67-39(21-12-26-63-54(59)60)48(76)70-42(29-34-31-64-36-18-8-7-17-35(34)36)51(79)66-37(46(56)74)19-9-10-24-61-44(72)30-43(52(80)68-40)71-47(75)38(20-11-25-62-53(57)58)65-45(73)28-33-15-5-2-6-16-33/h1-8,13-18,31,37-43,49,64,69,77H,9-12,19-30,55H2,(H2,56,74)(H,61,72)(H,65,73)(H,66,79)(H,67,78)(H,68,80)(H,70,76)(H,71,75)(H4,57,58,62)(H4,59,60,63)/t37-,38-,39-,40-,41+,42-,43-,49?/m0/s1. The van der Waals surface area contributed by atoms with Crippen molar-refractivity contribution >= 4 is 70.1 Å². The fourth-order valence-corrected chi connectivity index (χ4v) is 9.02. The third-order valence-corrected chi connectivity index (χ3v) is 13.2. The summed E-state index contributed by atoms with van der Waals surface area (Å²) in [5.74, 6) is -6.49. The number of hydrogen-bond donors (Lipinski definition) is 16. The number of aliphatic hydroxyl groups excluding tert-OH is 1. The van der Waals surface area contributed by atoms with Gasteiger partial charge < -0.3 is 81.7 Å². The predicted octanol–water partition coefficient (Wildman–Crippen LogP) is -2.99. The Morgan fingerprint density at radius 1 is 0.688 bits per heavy atom. The Bertz CT molecular complexity index is 2750. The molecule has 432 valence electrons. The molecule has 1 aromatic heterocycles. The smallest absolute Gasteiger partial charge is 0.243 e. The zero-order chi connectivity index (χ0) is 58.0. The number of benzene rings is 3. The minimum atomic E-state index is -1.73. The van der Waals surface area contributed by atoms with E-state index in [0.29, 0.717) is 16.7 Å². The van der Waals surface area contributed by atoms with Gasteiger partial charge in [-0.15, -0.1) is 0 Å². The maximum atomic E-state index is 14.7. The van der Waals surface area contributed by atoms with E-state index >= 15 is 0 Å². The third-order valence-electron chi connectivity index (χ3n) is 13.2. The Balaban J connectivity index is 1.50. The number of nitrogens with one attached hydrogen (secondary N) is 9. The van der Waals surface area contributed by atoms with Crippen molar-refractivity contribution in [1.29, 1.82) is 0 Å². The predicted molar refractivity (Wildman–Crippen MR) is 301 cm³/mol. The molecule has 8 amide bonds. The summed E-state index contributed by atoms with van der Waals surface area (Å²) in [4.78, 5) is 123. The van der Waals surface area contributed by atoms with Gasteiger partial charge in [-0.05, 0) is 87.1 Å². The highest BCUT2D eigenvalue weighted by Crippen LogP contribution is 2.20. The van der Waals surface area contributed by atoms with Crippen molar-refractivity contribution in [3.8, 4) is 0 Å². The third kappa shape index (κ3) is 21.0. The second-order valence-corrected chi connectivity index (χ2v) is 19.5. The van der Waals surface area contributed by atoms with Crippen LogP contribution in [0.4, 0.5) is 0 Å². The van der Waals surface area contributed by atoms with Crippen LogP contribution in [0.5, 0.6) is 0 Å². The normalized spacial score (nSPS) is 21.5. The van der Waals surface area contributed by atoms with Crippen LogP contribution < -0.4 is 76.9 Å². The Morgan fingerprint density at radius 3 is 1.99 bits per heavy atom. The molecule has 1 fully saturated rings. The summed E-state index contributed by atoms with van der Waals surface area (Å²) >= 11 is 0. The minimum absolute atomic E-state index is 0.0171. The quantitative estimate of drug-likeness (QED) is 0.0239. The summed E-state index contributed by atoms with van der Waals surface area (Å²) in [5, 5.41) is 34.7. The van der Waals surface area contributed by atoms with Gasteiger partial charge in [0.05, 0.1) is 24.9 Å². The molecule has 0 radical (unpaired) electrons. The summed E-state index contributed by atoms with van der Waals surface area (Å²) < 4.78 is 0. The van der Waals surface area contributed by atoms with Crippen molar-refractivity contribution < 1.29 is 43.5 Å². The maximum Gasteiger partial charge on any atom is 0.243 e. The summed E-state index contributed by atoms with van der Waals surface area (Å²) in [6, 6.07) is 15.6. The molecule has 22 N–H and O–H groups in total. The number of guanidine groups is 2. The molecule has 1 saturated heterocycles. The van der Waals surface area contributed by atoms with Crippen LogP contribution in [0.15, 0.2) is 101 Å². The van der Waals surface area contributed by atoms with E-state index in [0.717, 1.165) is 10.9 Å². The molecule has 1 unspecified atom stereocenters. The lowest BCUT2D eigenvalue weighted by molar-refractivity contribution is -0.135. The average molecular weight is 1110 g/mol. The first-order valence-corrected chi connectivity index (χ1v) is 26.7. The fraction of sp³-hybridized carbons (Fsp3) is 0.444. The zero-order valence-corrected chi connectivity index (χ0v) is 44.7. The van der Waals surface area contributed by atoms with Crippen LogP contribution in [-0.2, 0) is 57.6 Å². The number of aromatic nitrogens is 1. The van der Waals surface area contributed by atoms with Crippen LogP contribution in [-0.4, -0.2) is 144 Å².